The van der Waals surface area contributed by atoms with E-state index >= 15 is 0 Å². The van der Waals surface area contributed by atoms with Gasteiger partial charge in [0.05, 0.1) is 17.5 Å². The number of benzene rings is 1. The summed E-state index contributed by atoms with van der Waals surface area (Å²) in [4.78, 5) is 13.0. The van der Waals surface area contributed by atoms with Crippen molar-refractivity contribution in [2.24, 2.45) is 0 Å². The summed E-state index contributed by atoms with van der Waals surface area (Å²) < 4.78 is 29.4. The number of rotatable bonds is 3. The van der Waals surface area contributed by atoms with Crippen molar-refractivity contribution in [3.63, 3.8) is 0 Å². The van der Waals surface area contributed by atoms with Gasteiger partial charge in [-0.3, -0.25) is 4.79 Å². The Morgan fingerprint density at radius 3 is 2.65 bits per heavy atom. The van der Waals surface area contributed by atoms with Crippen molar-refractivity contribution in [2.45, 2.75) is 23.6 Å². The van der Waals surface area contributed by atoms with Gasteiger partial charge in [-0.2, -0.15) is 8.42 Å². The van der Waals surface area contributed by atoms with Gasteiger partial charge in [0, 0.05) is 6.20 Å². The van der Waals surface area contributed by atoms with Crippen molar-refractivity contribution >= 4 is 27.8 Å². The molecule has 1 amide bonds. The van der Waals surface area contributed by atoms with E-state index in [-0.39, 0.29) is 16.2 Å². The molecular weight excluding hydrogens is 298 g/mol. The van der Waals surface area contributed by atoms with Crippen LogP contribution in [0.4, 0.5) is 0 Å². The maximum absolute atomic E-state index is 12.1. The first-order valence-corrected chi connectivity index (χ1v) is 8.56. The lowest BCUT2D eigenvalue weighted by Gasteiger charge is -2.40. The fourth-order valence-electron chi connectivity index (χ4n) is 2.01. The molecule has 0 N–H and O–H groups in total. The highest BCUT2D eigenvalue weighted by molar-refractivity contribution is 8.00. The summed E-state index contributed by atoms with van der Waals surface area (Å²) >= 11 is 1.51. The Hall–Kier alpha value is -1.47. The Morgan fingerprint density at radius 1 is 1.30 bits per heavy atom. The van der Waals surface area contributed by atoms with Crippen LogP contribution in [0.1, 0.15) is 12.0 Å². The van der Waals surface area contributed by atoms with Crippen LogP contribution in [-0.2, 0) is 19.1 Å². The number of fused-ring (bicyclic) bond motifs is 1. The summed E-state index contributed by atoms with van der Waals surface area (Å²) in [5, 5.41) is 0.136. The minimum atomic E-state index is -3.83. The van der Waals surface area contributed by atoms with Gasteiger partial charge >= 0.3 is 10.1 Å². The number of β-lactam (4-membered cyclic amide) rings is 1. The molecule has 0 aliphatic carbocycles. The summed E-state index contributed by atoms with van der Waals surface area (Å²) in [5.74, 6) is 0.746. The van der Waals surface area contributed by atoms with Gasteiger partial charge in [0.2, 0.25) is 5.91 Å². The van der Waals surface area contributed by atoms with Crippen LogP contribution in [0.15, 0.2) is 41.1 Å². The van der Waals surface area contributed by atoms with Crippen molar-refractivity contribution < 1.29 is 17.4 Å². The molecule has 2 aliphatic heterocycles. The number of hydrogen-bond acceptors (Lipinski definition) is 5. The Balaban J connectivity index is 1.80. The van der Waals surface area contributed by atoms with E-state index in [0.29, 0.717) is 17.9 Å². The number of amides is 1. The monoisotopic (exact) mass is 311 g/mol. The second-order valence-electron chi connectivity index (χ2n) is 4.72. The van der Waals surface area contributed by atoms with Crippen LogP contribution in [0, 0.1) is 6.92 Å². The molecule has 0 bridgehead atoms. The van der Waals surface area contributed by atoms with Crippen LogP contribution < -0.4 is 0 Å². The van der Waals surface area contributed by atoms with Gasteiger partial charge < -0.3 is 9.08 Å². The standard InChI is InChI=1S/C13H13NO4S2/c1-9-2-4-11(5-3-9)20(16,17)18-10-7-14-12(15)6-13(14)19-8-10/h2-5,7,13H,6,8H2,1H3/t13-/m1/s1. The van der Waals surface area contributed by atoms with Crippen molar-refractivity contribution in [1.29, 1.82) is 0 Å². The van der Waals surface area contributed by atoms with E-state index in [1.54, 1.807) is 12.1 Å². The highest BCUT2D eigenvalue weighted by Crippen LogP contribution is 2.36. The summed E-state index contributed by atoms with van der Waals surface area (Å²) in [7, 11) is -3.83. The van der Waals surface area contributed by atoms with E-state index in [0.717, 1.165) is 5.56 Å². The number of nitrogens with zero attached hydrogens (tertiary/aromatic N) is 1. The second kappa shape index (κ2) is 4.82. The molecule has 2 aliphatic rings. The second-order valence-corrected chi connectivity index (χ2v) is 7.43. The van der Waals surface area contributed by atoms with E-state index in [1.165, 1.54) is 35.0 Å². The Morgan fingerprint density at radius 2 is 2.00 bits per heavy atom. The summed E-state index contributed by atoms with van der Waals surface area (Å²) in [6.45, 7) is 1.88. The van der Waals surface area contributed by atoms with Crippen LogP contribution in [0.25, 0.3) is 0 Å². The van der Waals surface area contributed by atoms with Gasteiger partial charge in [0.25, 0.3) is 0 Å². The highest BCUT2D eigenvalue weighted by atomic mass is 32.2. The number of aryl methyl sites for hydroxylation is 1. The molecule has 106 valence electrons. The summed E-state index contributed by atoms with van der Waals surface area (Å²) in [5.41, 5.74) is 0.977. The molecule has 1 saturated heterocycles. The Labute approximate surface area is 121 Å². The largest absolute Gasteiger partial charge is 0.381 e. The molecule has 7 heteroatoms. The maximum Gasteiger partial charge on any atom is 0.338 e. The molecule has 2 heterocycles. The van der Waals surface area contributed by atoms with Gasteiger partial charge in [-0.25, -0.2) is 0 Å². The lowest BCUT2D eigenvalue weighted by atomic mass is 10.2. The number of carbonyl (C=O) groups is 1. The fourth-order valence-corrected chi connectivity index (χ4v) is 4.12. The molecule has 0 saturated carbocycles. The molecule has 1 atom stereocenters. The maximum atomic E-state index is 12.1. The fraction of sp³-hybridized carbons (Fsp3) is 0.308. The van der Waals surface area contributed by atoms with Crippen LogP contribution in [0.3, 0.4) is 0 Å². The predicted molar refractivity (Wildman–Crippen MR) is 75.2 cm³/mol. The topological polar surface area (TPSA) is 63.7 Å². The van der Waals surface area contributed by atoms with Crippen molar-refractivity contribution in [1.82, 2.24) is 4.90 Å². The lowest BCUT2D eigenvalue weighted by Crippen LogP contribution is -2.49. The molecule has 1 aromatic carbocycles. The first kappa shape index (κ1) is 13.5. The van der Waals surface area contributed by atoms with Crippen LogP contribution in [0.2, 0.25) is 0 Å². The molecule has 3 rings (SSSR count). The molecule has 20 heavy (non-hydrogen) atoms. The van der Waals surface area contributed by atoms with Gasteiger partial charge in [0.1, 0.15) is 10.7 Å². The molecule has 0 spiro atoms. The van der Waals surface area contributed by atoms with E-state index in [1.807, 2.05) is 6.92 Å². The lowest BCUT2D eigenvalue weighted by molar-refractivity contribution is -0.137. The van der Waals surface area contributed by atoms with Gasteiger partial charge in [-0.05, 0) is 19.1 Å². The first-order chi connectivity index (χ1) is 9.45. The number of carbonyl (C=O) groups excluding carboxylic acids is 1. The van der Waals surface area contributed by atoms with Crippen LogP contribution in [-0.4, -0.2) is 30.4 Å². The van der Waals surface area contributed by atoms with Crippen molar-refractivity contribution in [3.8, 4) is 0 Å². The molecule has 0 radical (unpaired) electrons. The van der Waals surface area contributed by atoms with Crippen molar-refractivity contribution in [2.75, 3.05) is 5.75 Å². The van der Waals surface area contributed by atoms with Gasteiger partial charge in [-0.15, -0.1) is 11.8 Å². The first-order valence-electron chi connectivity index (χ1n) is 6.10. The highest BCUT2D eigenvalue weighted by Gasteiger charge is 2.39. The van der Waals surface area contributed by atoms with Gasteiger partial charge in [-0.1, -0.05) is 17.7 Å². The molecule has 1 aromatic rings. The average molecular weight is 311 g/mol. The normalized spacial score (nSPS) is 21.9. The van der Waals surface area contributed by atoms with Gasteiger partial charge in [0.15, 0.2) is 0 Å². The van der Waals surface area contributed by atoms with E-state index in [9.17, 15) is 13.2 Å². The summed E-state index contributed by atoms with van der Waals surface area (Å²) in [6.07, 6.45) is 2.01. The third-order valence-corrected chi connectivity index (χ3v) is 5.69. The van der Waals surface area contributed by atoms with Crippen LogP contribution in [0.5, 0.6) is 0 Å². The zero-order valence-corrected chi connectivity index (χ0v) is 12.4. The average Bonchev–Trinajstić information content (AvgIpc) is 2.40. The zero-order valence-electron chi connectivity index (χ0n) is 10.8. The minimum Gasteiger partial charge on any atom is -0.381 e. The molecule has 0 unspecified atom stereocenters. The summed E-state index contributed by atoms with van der Waals surface area (Å²) in [6, 6.07) is 6.46. The molecular formula is C13H13NO4S2. The molecule has 0 aromatic heterocycles. The minimum absolute atomic E-state index is 0.00367. The SMILES string of the molecule is Cc1ccc(S(=O)(=O)OC2=CN3C(=O)C[C@H]3SC2)cc1. The molecule has 1 fully saturated rings. The number of thioether (sulfide) groups is 1. The van der Waals surface area contributed by atoms with E-state index in [4.69, 9.17) is 4.18 Å². The van der Waals surface area contributed by atoms with Crippen LogP contribution >= 0.6 is 11.8 Å². The van der Waals surface area contributed by atoms with E-state index < -0.39 is 10.1 Å². The smallest absolute Gasteiger partial charge is 0.338 e. The van der Waals surface area contributed by atoms with E-state index in [2.05, 4.69) is 0 Å². The third kappa shape index (κ3) is 2.43. The quantitative estimate of drug-likeness (QED) is 0.629. The molecule has 5 nitrogen and oxygen atoms in total. The number of hydrogen-bond donors (Lipinski definition) is 0. The Bertz CT molecular complexity index is 679. The third-order valence-electron chi connectivity index (χ3n) is 3.17. The zero-order chi connectivity index (χ0) is 14.3. The predicted octanol–water partition coefficient (Wildman–Crippen LogP) is 1.85. The van der Waals surface area contributed by atoms with Crippen molar-refractivity contribution in [3.05, 3.63) is 41.8 Å². The Kier molecular flexibility index (Phi) is 3.25.